The number of benzene rings is 3. The van der Waals surface area contributed by atoms with Gasteiger partial charge in [-0.2, -0.15) is 10.2 Å². The van der Waals surface area contributed by atoms with Crippen molar-refractivity contribution in [1.82, 2.24) is 24.1 Å². The van der Waals surface area contributed by atoms with Gasteiger partial charge in [-0.05, 0) is 75.4 Å². The van der Waals surface area contributed by atoms with Gasteiger partial charge >= 0.3 is 5.97 Å². The first-order valence-corrected chi connectivity index (χ1v) is 18.6. The number of hydrogen-bond donors (Lipinski definition) is 1. The Morgan fingerprint density at radius 2 is 1.83 bits per heavy atom. The van der Waals surface area contributed by atoms with E-state index in [-0.39, 0.29) is 11.7 Å². The highest BCUT2D eigenvalue weighted by Crippen LogP contribution is 2.43. The molecule has 6 aromatic rings. The molecular formula is C37H38ClN5O3S2. The largest absolute Gasteiger partial charge is 0.493 e. The number of fused-ring (bicyclic) bond motifs is 8. The maximum atomic E-state index is 12.8. The zero-order chi connectivity index (χ0) is 33.7. The van der Waals surface area contributed by atoms with Gasteiger partial charge in [0.15, 0.2) is 0 Å². The summed E-state index contributed by atoms with van der Waals surface area (Å²) in [5.41, 5.74) is 7.75. The first-order valence-electron chi connectivity index (χ1n) is 16.1. The van der Waals surface area contributed by atoms with E-state index in [1.807, 2.05) is 54.4 Å². The topological polar surface area (TPSA) is 87.1 Å². The minimum absolute atomic E-state index is 0.227. The van der Waals surface area contributed by atoms with E-state index in [9.17, 15) is 9.90 Å². The van der Waals surface area contributed by atoms with E-state index in [4.69, 9.17) is 26.5 Å². The summed E-state index contributed by atoms with van der Waals surface area (Å²) in [5.74, 6) is 2.05. The van der Waals surface area contributed by atoms with Crippen molar-refractivity contribution in [3.8, 4) is 16.9 Å². The van der Waals surface area contributed by atoms with Crippen LogP contribution in [-0.2, 0) is 30.9 Å². The average Bonchev–Trinajstić information content (AvgIpc) is 3.69. The third-order valence-corrected chi connectivity index (χ3v) is 11.4. The fourth-order valence-electron chi connectivity index (χ4n) is 6.85. The van der Waals surface area contributed by atoms with Gasteiger partial charge in [0.1, 0.15) is 11.4 Å². The number of aromatic nitrogens is 5. The molecule has 7 rings (SSSR count). The maximum Gasteiger partial charge on any atom is 0.352 e. The Kier molecular flexibility index (Phi) is 9.00. The zero-order valence-corrected chi connectivity index (χ0v) is 30.1. The molecule has 0 spiro atoms. The van der Waals surface area contributed by atoms with Crippen LogP contribution < -0.4 is 4.74 Å². The number of rotatable bonds is 2. The molecule has 1 aliphatic heterocycles. The molecule has 4 heterocycles. The summed E-state index contributed by atoms with van der Waals surface area (Å²) in [7, 11) is 1.95. The number of halogens is 1. The molecule has 0 saturated carbocycles. The summed E-state index contributed by atoms with van der Waals surface area (Å²) < 4.78 is 12.4. The molecule has 1 aliphatic rings. The van der Waals surface area contributed by atoms with Crippen molar-refractivity contribution >= 4 is 62.8 Å². The first-order chi connectivity index (χ1) is 23.1. The highest BCUT2D eigenvalue weighted by molar-refractivity contribution is 7.98. The van der Waals surface area contributed by atoms with Gasteiger partial charge in [0.25, 0.3) is 0 Å². The third-order valence-electron chi connectivity index (χ3n) is 9.09. The molecule has 0 radical (unpaired) electrons. The van der Waals surface area contributed by atoms with Crippen LogP contribution in [0.2, 0.25) is 5.02 Å². The second-order valence-electron chi connectivity index (χ2n) is 12.6. The number of carboxylic acid groups (broad SMARTS) is 1. The van der Waals surface area contributed by atoms with Crippen molar-refractivity contribution in [2.45, 2.75) is 68.9 Å². The van der Waals surface area contributed by atoms with E-state index >= 15 is 0 Å². The highest BCUT2D eigenvalue weighted by atomic mass is 35.5. The summed E-state index contributed by atoms with van der Waals surface area (Å²) in [6.07, 6.45) is 0.621. The fraction of sp³-hybridized carbons (Fsp3) is 0.324. The van der Waals surface area contributed by atoms with Crippen LogP contribution in [0.5, 0.6) is 5.75 Å². The molecule has 248 valence electrons. The summed E-state index contributed by atoms with van der Waals surface area (Å²) in [5, 5.41) is 24.0. The van der Waals surface area contributed by atoms with Crippen LogP contribution in [0.3, 0.4) is 0 Å². The van der Waals surface area contributed by atoms with Gasteiger partial charge in [0.2, 0.25) is 0 Å². The molecule has 0 fully saturated rings. The highest BCUT2D eigenvalue weighted by Gasteiger charge is 2.27. The minimum atomic E-state index is -0.961. The van der Waals surface area contributed by atoms with Gasteiger partial charge in [-0.15, -0.1) is 23.5 Å². The molecule has 0 saturated heterocycles. The third kappa shape index (κ3) is 5.88. The van der Waals surface area contributed by atoms with Gasteiger partial charge in [0.05, 0.1) is 18.0 Å². The number of ether oxygens (including phenoxy) is 1. The van der Waals surface area contributed by atoms with Crippen LogP contribution in [0.25, 0.3) is 32.8 Å². The molecule has 11 heteroatoms. The number of carboxylic acids is 1. The van der Waals surface area contributed by atoms with Gasteiger partial charge < -0.3 is 14.4 Å². The molecule has 0 atom stereocenters. The number of nitrogens with zero attached hydrogens (tertiary/aromatic N) is 5. The van der Waals surface area contributed by atoms with Crippen LogP contribution in [-0.4, -0.2) is 41.8 Å². The first kappa shape index (κ1) is 32.7. The monoisotopic (exact) mass is 699 g/mol. The Hall–Kier alpha value is -3.86. The maximum absolute atomic E-state index is 12.8. The summed E-state index contributed by atoms with van der Waals surface area (Å²) in [6, 6.07) is 18.9. The smallest absolute Gasteiger partial charge is 0.352 e. The molecule has 3 aromatic heterocycles. The van der Waals surface area contributed by atoms with Crippen molar-refractivity contribution < 1.29 is 14.6 Å². The Labute approximate surface area is 293 Å². The quantitative estimate of drug-likeness (QED) is 0.193. The summed E-state index contributed by atoms with van der Waals surface area (Å²) in [4.78, 5) is 13.9. The van der Waals surface area contributed by atoms with Crippen LogP contribution >= 0.6 is 35.1 Å². The summed E-state index contributed by atoms with van der Waals surface area (Å²) in [6.45, 7) is 9.17. The lowest BCUT2D eigenvalue weighted by Gasteiger charge is -2.14. The second-order valence-corrected chi connectivity index (χ2v) is 15.0. The lowest BCUT2D eigenvalue weighted by molar-refractivity contribution is 0.0684. The van der Waals surface area contributed by atoms with Crippen LogP contribution in [0, 0.1) is 13.8 Å². The van der Waals surface area contributed by atoms with E-state index in [1.165, 1.54) is 5.69 Å². The van der Waals surface area contributed by atoms with Crippen molar-refractivity contribution in [2.75, 3.05) is 6.61 Å². The van der Waals surface area contributed by atoms with Gasteiger partial charge in [-0.25, -0.2) is 4.79 Å². The predicted molar refractivity (Wildman–Crippen MR) is 197 cm³/mol. The Bertz CT molecular complexity index is 2200. The number of thioether (sulfide) groups is 2. The number of aromatic carboxylic acids is 1. The SMILES string of the molecule is Cc1c(C(=O)O)n2c3ccc(Cl)c(c13)-c1c(nn(C)c1C)CSCc1cc(nn1C(C)C)CSc1cc(c3ccccc3c1)OCCC2. The van der Waals surface area contributed by atoms with Crippen molar-refractivity contribution in [3.05, 3.63) is 93.7 Å². The number of hydrogen-bond acceptors (Lipinski definition) is 6. The van der Waals surface area contributed by atoms with E-state index in [1.54, 1.807) is 23.5 Å². The van der Waals surface area contributed by atoms with Gasteiger partial charge in [-0.3, -0.25) is 9.36 Å². The number of aryl methyl sites for hydroxylation is 3. The Balaban J connectivity index is 1.37. The standard InChI is InChI=1S/C37H38ClN5O3S2/c1-21(2)43-26-16-25(39-43)18-48-27-15-24-9-6-7-10-28(24)32(17-27)46-14-8-13-42-31-12-11-29(38)35(33(31)22(3)36(42)37(44)45)34-23(4)41(5)40-30(34)20-47-19-26/h6-7,9-12,15-17,21H,8,13-14,18-20H2,1-5H3,(H,44,45). The zero-order valence-electron chi connectivity index (χ0n) is 27.7. The molecule has 8 nitrogen and oxygen atoms in total. The molecule has 8 bridgehead atoms. The molecule has 3 aromatic carbocycles. The van der Waals surface area contributed by atoms with Crippen molar-refractivity contribution in [2.24, 2.45) is 7.05 Å². The molecule has 0 unspecified atom stereocenters. The van der Waals surface area contributed by atoms with Crippen molar-refractivity contribution in [1.29, 1.82) is 0 Å². The lowest BCUT2D eigenvalue weighted by atomic mass is 9.97. The molecular weight excluding hydrogens is 662 g/mol. The number of carbonyl (C=O) groups is 1. The molecule has 0 amide bonds. The summed E-state index contributed by atoms with van der Waals surface area (Å²) >= 11 is 10.6. The fourth-order valence-corrected chi connectivity index (χ4v) is 8.88. The second kappa shape index (κ2) is 13.2. The van der Waals surface area contributed by atoms with Crippen molar-refractivity contribution in [3.63, 3.8) is 0 Å². The van der Waals surface area contributed by atoms with Gasteiger partial charge in [-0.1, -0.05) is 35.9 Å². The average molecular weight is 700 g/mol. The van der Waals surface area contributed by atoms with E-state index in [2.05, 4.69) is 48.9 Å². The Morgan fingerprint density at radius 3 is 2.62 bits per heavy atom. The minimum Gasteiger partial charge on any atom is -0.493 e. The van der Waals surface area contributed by atoms with Crippen LogP contribution in [0.15, 0.2) is 59.5 Å². The van der Waals surface area contributed by atoms with E-state index in [0.717, 1.165) is 72.0 Å². The van der Waals surface area contributed by atoms with E-state index < -0.39 is 5.97 Å². The normalized spacial score (nSPS) is 14.3. The van der Waals surface area contributed by atoms with Gasteiger partial charge in [0, 0.05) is 85.6 Å². The van der Waals surface area contributed by atoms with E-state index in [0.29, 0.717) is 35.9 Å². The van der Waals surface area contributed by atoms with Crippen LogP contribution in [0.1, 0.15) is 65.1 Å². The lowest BCUT2D eigenvalue weighted by Crippen LogP contribution is -2.12. The molecule has 1 N–H and O–H groups in total. The molecule has 48 heavy (non-hydrogen) atoms. The van der Waals surface area contributed by atoms with Crippen LogP contribution in [0.4, 0.5) is 0 Å². The Morgan fingerprint density at radius 1 is 1.02 bits per heavy atom. The molecule has 0 aliphatic carbocycles. The predicted octanol–water partition coefficient (Wildman–Crippen LogP) is 9.45.